The van der Waals surface area contributed by atoms with Gasteiger partial charge in [-0.15, -0.1) is 0 Å². The van der Waals surface area contributed by atoms with Crippen molar-refractivity contribution < 1.29 is 23.9 Å². The molecule has 3 amide bonds. The van der Waals surface area contributed by atoms with E-state index < -0.39 is 5.97 Å². The van der Waals surface area contributed by atoms with Crippen molar-refractivity contribution in [3.8, 4) is 0 Å². The Morgan fingerprint density at radius 1 is 1.00 bits per heavy atom. The van der Waals surface area contributed by atoms with Crippen molar-refractivity contribution in [2.75, 3.05) is 26.7 Å². The van der Waals surface area contributed by atoms with Crippen molar-refractivity contribution in [1.29, 1.82) is 0 Å². The van der Waals surface area contributed by atoms with Crippen LogP contribution in [-0.2, 0) is 14.3 Å². The number of rotatable bonds is 9. The van der Waals surface area contributed by atoms with Gasteiger partial charge in [0.25, 0.3) is 17.7 Å². The molecule has 30 heavy (non-hydrogen) atoms. The van der Waals surface area contributed by atoms with E-state index in [4.69, 9.17) is 4.74 Å². The number of nitrogens with zero attached hydrogens (tertiary/aromatic N) is 2. The number of hydrogen-bond acceptors (Lipinski definition) is 5. The molecule has 7 nitrogen and oxygen atoms in total. The summed E-state index contributed by atoms with van der Waals surface area (Å²) in [6.45, 7) is 2.48. The number of carbonyl (C=O) groups is 4. The number of carbonyl (C=O) groups excluding carboxylic acids is 4. The molecule has 1 heterocycles. The average molecular weight is 410 g/mol. The van der Waals surface area contributed by atoms with Crippen LogP contribution in [0.1, 0.15) is 53.3 Å². The normalized spacial score (nSPS) is 12.9. The van der Waals surface area contributed by atoms with Gasteiger partial charge in [-0.25, -0.2) is 0 Å². The summed E-state index contributed by atoms with van der Waals surface area (Å²) in [4.78, 5) is 52.2. The Morgan fingerprint density at radius 3 is 2.23 bits per heavy atom. The van der Waals surface area contributed by atoms with Crippen LogP contribution in [0.2, 0.25) is 0 Å². The number of amides is 3. The molecule has 0 fully saturated rings. The summed E-state index contributed by atoms with van der Waals surface area (Å²) in [5.74, 6) is -1.48. The molecule has 0 bridgehead atoms. The van der Waals surface area contributed by atoms with Crippen LogP contribution >= 0.6 is 0 Å². The van der Waals surface area contributed by atoms with Gasteiger partial charge in [-0.2, -0.15) is 0 Å². The van der Waals surface area contributed by atoms with Gasteiger partial charge in [-0.05, 0) is 30.4 Å². The van der Waals surface area contributed by atoms with Crippen LogP contribution in [0.4, 0.5) is 0 Å². The fourth-order valence-corrected chi connectivity index (χ4v) is 3.51. The predicted octanol–water partition coefficient (Wildman–Crippen LogP) is 3.02. The maximum absolute atomic E-state index is 12.8. The Balaban J connectivity index is 1.53. The Morgan fingerprint density at radius 2 is 1.63 bits per heavy atom. The first-order valence-electron chi connectivity index (χ1n) is 10.2. The van der Waals surface area contributed by atoms with E-state index in [0.29, 0.717) is 23.1 Å². The SMILES string of the molecule is CCCCN(C)C(=O)COC(=O)CCCN1C(=O)c2cccc3cccc(c23)C1=O. The molecule has 0 unspecified atom stereocenters. The van der Waals surface area contributed by atoms with E-state index in [1.54, 1.807) is 36.2 Å². The molecule has 0 radical (unpaired) electrons. The van der Waals surface area contributed by atoms with E-state index in [1.165, 1.54) is 4.90 Å². The first-order chi connectivity index (χ1) is 14.4. The Hall–Kier alpha value is -3.22. The highest BCUT2D eigenvalue weighted by Crippen LogP contribution is 2.30. The third-order valence-corrected chi connectivity index (χ3v) is 5.25. The molecule has 0 saturated heterocycles. The summed E-state index contributed by atoms with van der Waals surface area (Å²) in [5.41, 5.74) is 0.983. The second kappa shape index (κ2) is 9.52. The van der Waals surface area contributed by atoms with Crippen LogP contribution in [0.15, 0.2) is 36.4 Å². The molecule has 0 atom stereocenters. The van der Waals surface area contributed by atoms with Crippen molar-refractivity contribution >= 4 is 34.5 Å². The van der Waals surface area contributed by atoms with Gasteiger partial charge in [-0.3, -0.25) is 24.1 Å². The van der Waals surface area contributed by atoms with Gasteiger partial charge in [0.1, 0.15) is 0 Å². The number of hydrogen-bond donors (Lipinski definition) is 0. The van der Waals surface area contributed by atoms with E-state index in [9.17, 15) is 19.2 Å². The fraction of sp³-hybridized carbons (Fsp3) is 0.391. The highest BCUT2D eigenvalue weighted by molar-refractivity contribution is 6.25. The molecule has 2 aromatic rings. The van der Waals surface area contributed by atoms with Gasteiger partial charge in [-0.1, -0.05) is 37.6 Å². The Bertz CT molecular complexity index is 934. The maximum atomic E-state index is 12.8. The predicted molar refractivity (Wildman–Crippen MR) is 112 cm³/mol. The Kier molecular flexibility index (Phi) is 6.82. The van der Waals surface area contributed by atoms with E-state index in [-0.39, 0.29) is 43.7 Å². The average Bonchev–Trinajstić information content (AvgIpc) is 2.76. The van der Waals surface area contributed by atoms with Crippen molar-refractivity contribution in [1.82, 2.24) is 9.80 Å². The van der Waals surface area contributed by atoms with Crippen molar-refractivity contribution in [2.24, 2.45) is 0 Å². The summed E-state index contributed by atoms with van der Waals surface area (Å²) in [5, 5.41) is 1.53. The van der Waals surface area contributed by atoms with E-state index in [2.05, 4.69) is 0 Å². The minimum Gasteiger partial charge on any atom is -0.456 e. The summed E-state index contributed by atoms with van der Waals surface area (Å²) in [6.07, 6.45) is 2.17. The quantitative estimate of drug-likeness (QED) is 0.469. The molecule has 158 valence electrons. The van der Waals surface area contributed by atoms with Crippen LogP contribution in [0.25, 0.3) is 10.8 Å². The number of ether oxygens (including phenoxy) is 1. The number of benzene rings is 2. The van der Waals surface area contributed by atoms with Gasteiger partial charge in [0.15, 0.2) is 6.61 Å². The lowest BCUT2D eigenvalue weighted by Gasteiger charge is -2.27. The molecule has 2 aromatic carbocycles. The van der Waals surface area contributed by atoms with Gasteiger partial charge in [0, 0.05) is 43.1 Å². The Labute approximate surface area is 175 Å². The zero-order valence-electron chi connectivity index (χ0n) is 17.3. The van der Waals surface area contributed by atoms with Crippen molar-refractivity contribution in [3.63, 3.8) is 0 Å². The zero-order chi connectivity index (χ0) is 21.7. The number of esters is 1. The highest BCUT2D eigenvalue weighted by atomic mass is 16.5. The number of imide groups is 1. The number of unbranched alkanes of at least 4 members (excludes halogenated alkanes) is 1. The molecule has 0 N–H and O–H groups in total. The summed E-state index contributed by atoms with van der Waals surface area (Å²) in [6, 6.07) is 10.7. The molecule has 1 aliphatic rings. The van der Waals surface area contributed by atoms with Crippen molar-refractivity contribution in [3.05, 3.63) is 47.5 Å². The third-order valence-electron chi connectivity index (χ3n) is 5.25. The smallest absolute Gasteiger partial charge is 0.306 e. The second-order valence-electron chi connectivity index (χ2n) is 7.40. The zero-order valence-corrected chi connectivity index (χ0v) is 17.3. The molecular formula is C23H26N2O5. The maximum Gasteiger partial charge on any atom is 0.306 e. The van der Waals surface area contributed by atoms with Crippen LogP contribution in [0.3, 0.4) is 0 Å². The van der Waals surface area contributed by atoms with Crippen LogP contribution < -0.4 is 0 Å². The molecule has 0 saturated carbocycles. The number of likely N-dealkylation sites (N-methyl/N-ethyl adjacent to an activating group) is 1. The molecule has 3 rings (SSSR count). The molecule has 0 spiro atoms. The topological polar surface area (TPSA) is 84.0 Å². The summed E-state index contributed by atoms with van der Waals surface area (Å²) in [7, 11) is 1.68. The largest absolute Gasteiger partial charge is 0.456 e. The highest BCUT2D eigenvalue weighted by Gasteiger charge is 2.32. The van der Waals surface area contributed by atoms with E-state index in [0.717, 1.165) is 18.2 Å². The molecular weight excluding hydrogens is 384 g/mol. The molecule has 0 aromatic heterocycles. The fourth-order valence-electron chi connectivity index (χ4n) is 3.51. The first kappa shape index (κ1) is 21.5. The molecule has 0 aliphatic carbocycles. The van der Waals surface area contributed by atoms with Crippen LogP contribution in [0, 0.1) is 0 Å². The van der Waals surface area contributed by atoms with Gasteiger partial charge in [0.05, 0.1) is 0 Å². The third kappa shape index (κ3) is 4.50. The van der Waals surface area contributed by atoms with Crippen molar-refractivity contribution in [2.45, 2.75) is 32.6 Å². The lowest BCUT2D eigenvalue weighted by atomic mass is 9.94. The summed E-state index contributed by atoms with van der Waals surface area (Å²) >= 11 is 0. The monoisotopic (exact) mass is 410 g/mol. The van der Waals surface area contributed by atoms with Crippen LogP contribution in [0.5, 0.6) is 0 Å². The van der Waals surface area contributed by atoms with E-state index >= 15 is 0 Å². The molecule has 1 aliphatic heterocycles. The van der Waals surface area contributed by atoms with E-state index in [1.807, 2.05) is 19.1 Å². The van der Waals surface area contributed by atoms with Gasteiger partial charge >= 0.3 is 5.97 Å². The lowest BCUT2D eigenvalue weighted by molar-refractivity contribution is -0.151. The standard InChI is InChI=1S/C23H26N2O5/c1-3-4-13-24(2)19(26)15-30-20(27)12-7-14-25-22(28)17-10-5-8-16-9-6-11-18(21(16)17)23(25)29/h5-6,8-11H,3-4,7,12-15H2,1-2H3. The molecule has 7 heteroatoms. The van der Waals surface area contributed by atoms with Gasteiger partial charge in [0.2, 0.25) is 0 Å². The minimum atomic E-state index is -0.522. The van der Waals surface area contributed by atoms with Gasteiger partial charge < -0.3 is 9.64 Å². The summed E-state index contributed by atoms with van der Waals surface area (Å²) < 4.78 is 5.03. The lowest BCUT2D eigenvalue weighted by Crippen LogP contribution is -2.41. The minimum absolute atomic E-state index is 0.0227. The second-order valence-corrected chi connectivity index (χ2v) is 7.40. The first-order valence-corrected chi connectivity index (χ1v) is 10.2. The van der Waals surface area contributed by atoms with Crippen LogP contribution in [-0.4, -0.2) is 60.2 Å².